The molecule has 0 aliphatic rings. The monoisotopic (exact) mass is 416 g/mol. The van der Waals surface area contributed by atoms with Crippen molar-refractivity contribution in [3.63, 3.8) is 0 Å². The Hall–Kier alpha value is -2.32. The minimum absolute atomic E-state index is 0.0240. The van der Waals surface area contributed by atoms with Crippen molar-refractivity contribution in [2.24, 2.45) is 0 Å². The molecule has 1 amide bonds. The van der Waals surface area contributed by atoms with Crippen LogP contribution < -0.4 is 10.1 Å². The Morgan fingerprint density at radius 1 is 1.25 bits per heavy atom. The van der Waals surface area contributed by atoms with Gasteiger partial charge in [-0.25, -0.2) is 0 Å². The van der Waals surface area contributed by atoms with Crippen LogP contribution in [0, 0.1) is 0 Å². The van der Waals surface area contributed by atoms with Crippen molar-refractivity contribution >= 4 is 29.0 Å². The van der Waals surface area contributed by atoms with Crippen molar-refractivity contribution in [1.82, 2.24) is 20.1 Å². The minimum Gasteiger partial charge on any atom is -0.495 e. The van der Waals surface area contributed by atoms with Gasteiger partial charge in [0.15, 0.2) is 11.0 Å². The molecule has 1 N–H and O–H groups in total. The molecule has 148 valence electrons. The molecule has 28 heavy (non-hydrogen) atoms. The van der Waals surface area contributed by atoms with Gasteiger partial charge in [0.25, 0.3) is 0 Å². The standard InChI is InChI=1S/C20H24N4O2S2/c1-5-20(2,3)21-17(25)13-28-19-23-22-18(16-11-8-12-27-16)24(19)14-9-6-7-10-15(14)26-4/h6-12H,5,13H2,1-4H3,(H,21,25). The lowest BCUT2D eigenvalue weighted by atomic mass is 10.0. The third-order valence-electron chi connectivity index (χ3n) is 4.40. The second-order valence-electron chi connectivity index (χ2n) is 6.87. The molecule has 0 fully saturated rings. The lowest BCUT2D eigenvalue weighted by Gasteiger charge is -2.24. The van der Waals surface area contributed by atoms with Crippen LogP contribution in [0.2, 0.25) is 0 Å². The van der Waals surface area contributed by atoms with E-state index in [1.165, 1.54) is 11.8 Å². The maximum absolute atomic E-state index is 12.4. The van der Waals surface area contributed by atoms with Crippen LogP contribution in [0.3, 0.4) is 0 Å². The molecule has 3 rings (SSSR count). The maximum Gasteiger partial charge on any atom is 0.230 e. The SMILES string of the molecule is CCC(C)(C)NC(=O)CSc1nnc(-c2cccs2)n1-c1ccccc1OC. The third kappa shape index (κ3) is 4.56. The zero-order chi connectivity index (χ0) is 20.1. The summed E-state index contributed by atoms with van der Waals surface area (Å²) in [6.45, 7) is 6.09. The van der Waals surface area contributed by atoms with E-state index >= 15 is 0 Å². The first-order valence-corrected chi connectivity index (χ1v) is 10.9. The molecule has 0 saturated heterocycles. The molecule has 0 atom stereocenters. The van der Waals surface area contributed by atoms with Crippen LogP contribution in [-0.2, 0) is 4.79 Å². The number of hydrogen-bond donors (Lipinski definition) is 1. The number of carbonyl (C=O) groups excluding carboxylic acids is 1. The van der Waals surface area contributed by atoms with Crippen molar-refractivity contribution in [1.29, 1.82) is 0 Å². The molecular formula is C20H24N4O2S2. The number of thioether (sulfide) groups is 1. The number of benzene rings is 1. The van der Waals surface area contributed by atoms with Gasteiger partial charge in [0, 0.05) is 5.54 Å². The molecule has 1 aromatic carbocycles. The van der Waals surface area contributed by atoms with Crippen LogP contribution in [0.25, 0.3) is 16.4 Å². The van der Waals surface area contributed by atoms with E-state index in [9.17, 15) is 4.79 Å². The number of para-hydroxylation sites is 2. The van der Waals surface area contributed by atoms with E-state index in [-0.39, 0.29) is 17.2 Å². The summed E-state index contributed by atoms with van der Waals surface area (Å²) in [6.07, 6.45) is 0.864. The van der Waals surface area contributed by atoms with Gasteiger partial charge in [0.1, 0.15) is 5.75 Å². The van der Waals surface area contributed by atoms with E-state index < -0.39 is 0 Å². The van der Waals surface area contributed by atoms with Gasteiger partial charge in [-0.3, -0.25) is 9.36 Å². The quantitative estimate of drug-likeness (QED) is 0.551. The Balaban J connectivity index is 1.93. The Morgan fingerprint density at radius 3 is 2.71 bits per heavy atom. The summed E-state index contributed by atoms with van der Waals surface area (Å²) in [6, 6.07) is 11.7. The van der Waals surface area contributed by atoms with Crippen molar-refractivity contribution in [3.8, 4) is 22.1 Å². The van der Waals surface area contributed by atoms with Gasteiger partial charge in [-0.05, 0) is 43.8 Å². The Morgan fingerprint density at radius 2 is 2.04 bits per heavy atom. The highest BCUT2D eigenvalue weighted by Gasteiger charge is 2.22. The minimum atomic E-state index is -0.226. The molecule has 0 aliphatic carbocycles. The number of rotatable bonds is 8. The number of thiophene rings is 1. The molecule has 8 heteroatoms. The largest absolute Gasteiger partial charge is 0.495 e. The summed E-state index contributed by atoms with van der Waals surface area (Å²) in [4.78, 5) is 13.4. The predicted octanol–water partition coefficient (Wildman–Crippen LogP) is 4.40. The number of methoxy groups -OCH3 is 1. The molecule has 0 bridgehead atoms. The van der Waals surface area contributed by atoms with Crippen LogP contribution in [0.5, 0.6) is 5.75 Å². The summed E-state index contributed by atoms with van der Waals surface area (Å²) < 4.78 is 7.49. The third-order valence-corrected chi connectivity index (χ3v) is 6.19. The molecule has 6 nitrogen and oxygen atoms in total. The van der Waals surface area contributed by atoms with Gasteiger partial charge in [0.05, 0.1) is 23.4 Å². The first kappa shape index (κ1) is 20.4. The highest BCUT2D eigenvalue weighted by molar-refractivity contribution is 7.99. The van der Waals surface area contributed by atoms with Gasteiger partial charge < -0.3 is 10.1 Å². The van der Waals surface area contributed by atoms with E-state index in [2.05, 4.69) is 22.4 Å². The first-order chi connectivity index (χ1) is 13.4. The van der Waals surface area contributed by atoms with Crippen LogP contribution in [0.15, 0.2) is 46.9 Å². The summed E-state index contributed by atoms with van der Waals surface area (Å²) in [5.74, 6) is 1.69. The fraction of sp³-hybridized carbons (Fsp3) is 0.350. The van der Waals surface area contributed by atoms with Crippen LogP contribution in [0.1, 0.15) is 27.2 Å². The molecule has 0 spiro atoms. The number of carbonyl (C=O) groups is 1. The summed E-state index contributed by atoms with van der Waals surface area (Å²) >= 11 is 2.96. The number of ether oxygens (including phenoxy) is 1. The molecule has 2 aromatic heterocycles. The molecular weight excluding hydrogens is 392 g/mol. The fourth-order valence-electron chi connectivity index (χ4n) is 2.59. The zero-order valence-electron chi connectivity index (χ0n) is 16.4. The summed E-state index contributed by atoms with van der Waals surface area (Å²) in [5.41, 5.74) is 0.617. The predicted molar refractivity (Wildman–Crippen MR) is 114 cm³/mol. The van der Waals surface area contributed by atoms with Crippen LogP contribution in [-0.4, -0.2) is 39.1 Å². The van der Waals surface area contributed by atoms with Gasteiger partial charge in [-0.2, -0.15) is 0 Å². The van der Waals surface area contributed by atoms with Crippen molar-refractivity contribution in [2.75, 3.05) is 12.9 Å². The Kier molecular flexibility index (Phi) is 6.41. The Labute approximate surface area is 173 Å². The normalized spacial score (nSPS) is 11.4. The Bertz CT molecular complexity index is 936. The molecule has 0 aliphatic heterocycles. The zero-order valence-corrected chi connectivity index (χ0v) is 18.1. The summed E-state index contributed by atoms with van der Waals surface area (Å²) in [5, 5.41) is 14.5. The fourth-order valence-corrected chi connectivity index (χ4v) is 4.04. The summed E-state index contributed by atoms with van der Waals surface area (Å²) in [7, 11) is 1.64. The highest BCUT2D eigenvalue weighted by atomic mass is 32.2. The van der Waals surface area contributed by atoms with Crippen molar-refractivity contribution in [2.45, 2.75) is 37.9 Å². The van der Waals surface area contributed by atoms with E-state index in [1.807, 2.05) is 60.2 Å². The average Bonchev–Trinajstić information content (AvgIpc) is 3.35. The lowest BCUT2D eigenvalue weighted by molar-refractivity contribution is -0.120. The van der Waals surface area contributed by atoms with E-state index in [1.54, 1.807) is 18.4 Å². The molecule has 2 heterocycles. The maximum atomic E-state index is 12.4. The van der Waals surface area contributed by atoms with Crippen LogP contribution >= 0.6 is 23.1 Å². The highest BCUT2D eigenvalue weighted by Crippen LogP contribution is 2.34. The van der Waals surface area contributed by atoms with E-state index in [0.717, 1.165) is 28.6 Å². The van der Waals surface area contributed by atoms with E-state index in [0.29, 0.717) is 5.16 Å². The number of aromatic nitrogens is 3. The lowest BCUT2D eigenvalue weighted by Crippen LogP contribution is -2.43. The van der Waals surface area contributed by atoms with Gasteiger partial charge in [-0.15, -0.1) is 21.5 Å². The van der Waals surface area contributed by atoms with Gasteiger partial charge in [0.2, 0.25) is 5.91 Å². The molecule has 0 radical (unpaired) electrons. The van der Waals surface area contributed by atoms with Crippen LogP contribution in [0.4, 0.5) is 0 Å². The molecule has 0 unspecified atom stereocenters. The number of hydrogen-bond acceptors (Lipinski definition) is 6. The van der Waals surface area contributed by atoms with Crippen molar-refractivity contribution in [3.05, 3.63) is 41.8 Å². The number of amides is 1. The smallest absolute Gasteiger partial charge is 0.230 e. The molecule has 0 saturated carbocycles. The number of nitrogens with zero attached hydrogens (tertiary/aromatic N) is 3. The van der Waals surface area contributed by atoms with E-state index in [4.69, 9.17) is 4.74 Å². The first-order valence-electron chi connectivity index (χ1n) is 9.01. The number of nitrogens with one attached hydrogen (secondary N) is 1. The average molecular weight is 417 g/mol. The van der Waals surface area contributed by atoms with Gasteiger partial charge in [-0.1, -0.05) is 36.9 Å². The topological polar surface area (TPSA) is 69.0 Å². The van der Waals surface area contributed by atoms with Gasteiger partial charge >= 0.3 is 0 Å². The van der Waals surface area contributed by atoms with Crippen molar-refractivity contribution < 1.29 is 9.53 Å². The second-order valence-corrected chi connectivity index (χ2v) is 8.76. The second kappa shape index (κ2) is 8.79. The molecule has 3 aromatic rings.